The predicted octanol–water partition coefficient (Wildman–Crippen LogP) is 3.66. The summed E-state index contributed by atoms with van der Waals surface area (Å²) < 4.78 is 0. The van der Waals surface area contributed by atoms with E-state index in [1.54, 1.807) is 0 Å². The van der Waals surface area contributed by atoms with Gasteiger partial charge in [0, 0.05) is 23.7 Å². The van der Waals surface area contributed by atoms with E-state index in [-0.39, 0.29) is 5.54 Å². The van der Waals surface area contributed by atoms with Gasteiger partial charge < -0.3 is 10.2 Å². The molecule has 1 saturated carbocycles. The van der Waals surface area contributed by atoms with Gasteiger partial charge in [-0.1, -0.05) is 0 Å². The summed E-state index contributed by atoms with van der Waals surface area (Å²) in [4.78, 5) is 2.51. The summed E-state index contributed by atoms with van der Waals surface area (Å²) in [5, 5.41) is 3.75. The summed E-state index contributed by atoms with van der Waals surface area (Å²) in [5.74, 6) is 0.896. The molecule has 1 fully saturated rings. The lowest BCUT2D eigenvalue weighted by Crippen LogP contribution is -2.47. The van der Waals surface area contributed by atoms with Crippen LogP contribution in [0.4, 0.5) is 0 Å². The number of hydrogen-bond donors (Lipinski definition) is 1. The minimum atomic E-state index is 0.264. The van der Waals surface area contributed by atoms with E-state index in [1.165, 1.54) is 32.2 Å². The minimum Gasteiger partial charge on any atom is -0.309 e. The van der Waals surface area contributed by atoms with Crippen LogP contribution in [-0.2, 0) is 0 Å². The maximum atomic E-state index is 3.75. The van der Waals surface area contributed by atoms with Crippen LogP contribution in [0, 0.1) is 5.92 Å². The fraction of sp³-hybridized carbons (Fsp3) is 1.00. The Balaban J connectivity index is 2.32. The van der Waals surface area contributed by atoms with E-state index in [4.69, 9.17) is 0 Å². The summed E-state index contributed by atoms with van der Waals surface area (Å²) in [6, 6.07) is 0.737. The van der Waals surface area contributed by atoms with Gasteiger partial charge in [0.25, 0.3) is 0 Å². The van der Waals surface area contributed by atoms with E-state index in [0.717, 1.165) is 12.0 Å². The van der Waals surface area contributed by atoms with Crippen molar-refractivity contribution in [2.45, 2.75) is 84.3 Å². The van der Waals surface area contributed by atoms with Gasteiger partial charge >= 0.3 is 0 Å². The Morgan fingerprint density at radius 1 is 0.944 bits per heavy atom. The van der Waals surface area contributed by atoms with E-state index in [9.17, 15) is 0 Å². The first-order valence-corrected chi connectivity index (χ1v) is 7.57. The smallest absolute Gasteiger partial charge is 0.0122 e. The Bertz CT molecular complexity index is 239. The molecule has 0 saturated heterocycles. The maximum Gasteiger partial charge on any atom is 0.0122 e. The zero-order valence-electron chi connectivity index (χ0n) is 13.6. The van der Waals surface area contributed by atoms with E-state index in [2.05, 4.69) is 58.8 Å². The summed E-state index contributed by atoms with van der Waals surface area (Å²) in [7, 11) is 2.26. The van der Waals surface area contributed by atoms with Crippen molar-refractivity contribution in [3.8, 4) is 0 Å². The van der Waals surface area contributed by atoms with Gasteiger partial charge in [-0.3, -0.25) is 0 Å². The Hall–Kier alpha value is -0.0800. The first-order chi connectivity index (χ1) is 8.08. The van der Waals surface area contributed by atoms with E-state index in [1.807, 2.05) is 0 Å². The maximum absolute atomic E-state index is 3.75. The third-order valence-electron chi connectivity index (χ3n) is 4.16. The summed E-state index contributed by atoms with van der Waals surface area (Å²) in [5.41, 5.74) is 0.570. The Labute approximate surface area is 115 Å². The molecule has 0 unspecified atom stereocenters. The molecule has 1 rings (SSSR count). The monoisotopic (exact) mass is 254 g/mol. The van der Waals surface area contributed by atoms with Crippen molar-refractivity contribution in [1.29, 1.82) is 0 Å². The average molecular weight is 254 g/mol. The number of nitrogens with one attached hydrogen (secondary N) is 1. The van der Waals surface area contributed by atoms with E-state index < -0.39 is 0 Å². The molecule has 1 aliphatic rings. The normalized spacial score (nSPS) is 26.7. The van der Waals surface area contributed by atoms with Crippen LogP contribution in [0.15, 0.2) is 0 Å². The number of hydrogen-bond acceptors (Lipinski definition) is 2. The van der Waals surface area contributed by atoms with Crippen LogP contribution in [0.1, 0.15) is 67.2 Å². The van der Waals surface area contributed by atoms with Gasteiger partial charge in [-0.15, -0.1) is 0 Å². The molecule has 18 heavy (non-hydrogen) atoms. The van der Waals surface area contributed by atoms with Crippen LogP contribution < -0.4 is 5.32 Å². The molecule has 0 spiro atoms. The largest absolute Gasteiger partial charge is 0.309 e. The van der Waals surface area contributed by atoms with Crippen LogP contribution in [0.3, 0.4) is 0 Å². The molecular formula is C16H34N2. The van der Waals surface area contributed by atoms with Gasteiger partial charge in [0.1, 0.15) is 0 Å². The van der Waals surface area contributed by atoms with E-state index in [0.29, 0.717) is 5.54 Å². The minimum absolute atomic E-state index is 0.264. The molecule has 0 aromatic carbocycles. The van der Waals surface area contributed by atoms with Gasteiger partial charge in [0.2, 0.25) is 0 Å². The van der Waals surface area contributed by atoms with Crippen molar-refractivity contribution in [3.05, 3.63) is 0 Å². The molecule has 0 radical (unpaired) electrons. The molecule has 0 aromatic heterocycles. The van der Waals surface area contributed by atoms with Crippen molar-refractivity contribution >= 4 is 0 Å². The lowest BCUT2D eigenvalue weighted by Gasteiger charge is -2.39. The fourth-order valence-corrected chi connectivity index (χ4v) is 2.76. The second-order valence-corrected chi connectivity index (χ2v) is 8.16. The topological polar surface area (TPSA) is 15.3 Å². The van der Waals surface area contributed by atoms with Gasteiger partial charge in [-0.05, 0) is 80.2 Å². The third-order valence-corrected chi connectivity index (χ3v) is 4.16. The molecule has 0 aliphatic heterocycles. The highest BCUT2D eigenvalue weighted by Crippen LogP contribution is 2.27. The van der Waals surface area contributed by atoms with Crippen LogP contribution in [0.2, 0.25) is 0 Å². The van der Waals surface area contributed by atoms with Crippen LogP contribution in [0.25, 0.3) is 0 Å². The molecule has 1 aliphatic carbocycles. The molecule has 0 heterocycles. The Morgan fingerprint density at radius 2 is 1.44 bits per heavy atom. The standard InChI is InChI=1S/C16H34N2/c1-15(2,3)17-14-10-8-13(9-11-14)12-18(7)16(4,5)6/h13-14,17H,8-12H2,1-7H3. The molecule has 0 amide bonds. The molecule has 108 valence electrons. The van der Waals surface area contributed by atoms with Crippen molar-refractivity contribution in [2.75, 3.05) is 13.6 Å². The van der Waals surface area contributed by atoms with Crippen LogP contribution in [-0.4, -0.2) is 35.6 Å². The molecule has 0 bridgehead atoms. The van der Waals surface area contributed by atoms with Crippen LogP contribution >= 0.6 is 0 Å². The lowest BCUT2D eigenvalue weighted by molar-refractivity contribution is 0.125. The summed E-state index contributed by atoms with van der Waals surface area (Å²) in [6.45, 7) is 15.0. The van der Waals surface area contributed by atoms with Gasteiger partial charge in [-0.25, -0.2) is 0 Å². The molecule has 1 N–H and O–H groups in total. The summed E-state index contributed by atoms with van der Waals surface area (Å²) >= 11 is 0. The molecular weight excluding hydrogens is 220 g/mol. The van der Waals surface area contributed by atoms with Crippen molar-refractivity contribution in [3.63, 3.8) is 0 Å². The first kappa shape index (κ1) is 16.0. The first-order valence-electron chi connectivity index (χ1n) is 7.57. The molecule has 0 aromatic rings. The van der Waals surface area contributed by atoms with Crippen molar-refractivity contribution in [1.82, 2.24) is 10.2 Å². The lowest BCUT2D eigenvalue weighted by atomic mass is 9.84. The van der Waals surface area contributed by atoms with Crippen molar-refractivity contribution < 1.29 is 0 Å². The number of rotatable bonds is 3. The third kappa shape index (κ3) is 5.71. The van der Waals surface area contributed by atoms with Crippen molar-refractivity contribution in [2.24, 2.45) is 5.92 Å². The summed E-state index contributed by atoms with van der Waals surface area (Å²) in [6.07, 6.45) is 5.46. The second-order valence-electron chi connectivity index (χ2n) is 8.16. The SMILES string of the molecule is CN(CC1CCC(NC(C)(C)C)CC1)C(C)(C)C. The highest BCUT2D eigenvalue weighted by atomic mass is 15.2. The quantitative estimate of drug-likeness (QED) is 0.827. The van der Waals surface area contributed by atoms with E-state index >= 15 is 0 Å². The van der Waals surface area contributed by atoms with Gasteiger partial charge in [-0.2, -0.15) is 0 Å². The Kier molecular flexibility index (Phi) is 5.25. The number of nitrogens with zero attached hydrogens (tertiary/aromatic N) is 1. The highest BCUT2D eigenvalue weighted by Gasteiger charge is 2.27. The van der Waals surface area contributed by atoms with Gasteiger partial charge in [0.05, 0.1) is 0 Å². The molecule has 0 atom stereocenters. The van der Waals surface area contributed by atoms with Crippen LogP contribution in [0.5, 0.6) is 0 Å². The zero-order chi connectivity index (χ0) is 14.0. The molecule has 2 nitrogen and oxygen atoms in total. The highest BCUT2D eigenvalue weighted by molar-refractivity contribution is 4.85. The molecule has 2 heteroatoms. The van der Waals surface area contributed by atoms with Gasteiger partial charge in [0.15, 0.2) is 0 Å². The zero-order valence-corrected chi connectivity index (χ0v) is 13.6. The predicted molar refractivity (Wildman–Crippen MR) is 81.0 cm³/mol. The second kappa shape index (κ2) is 5.92. The average Bonchev–Trinajstić information content (AvgIpc) is 2.17. The fourth-order valence-electron chi connectivity index (χ4n) is 2.76. The Morgan fingerprint density at radius 3 is 1.83 bits per heavy atom.